The van der Waals surface area contributed by atoms with E-state index < -0.39 is 20.0 Å². The van der Waals surface area contributed by atoms with Gasteiger partial charge in [0, 0.05) is 12.8 Å². The fraction of sp³-hybridized carbons (Fsp3) is 0.619. The molecule has 0 saturated heterocycles. The Morgan fingerprint density at radius 1 is 0.507 bits per heavy atom. The molecule has 414 valence electrons. The smallest absolute Gasteiger partial charge is 0.456 e. The Morgan fingerprint density at radius 2 is 0.945 bits per heavy atom. The third kappa shape index (κ3) is 52.8. The van der Waals surface area contributed by atoms with E-state index in [9.17, 15) is 19.0 Å². The van der Waals surface area contributed by atoms with Crippen molar-refractivity contribution in [2.75, 3.05) is 40.9 Å². The molecule has 2 N–H and O–H groups in total. The number of amides is 1. The zero-order chi connectivity index (χ0) is 53.6. The van der Waals surface area contributed by atoms with E-state index in [1.807, 2.05) is 94.1 Å². The van der Waals surface area contributed by atoms with E-state index in [0.717, 1.165) is 70.6 Å². The highest BCUT2D eigenvalue weighted by atomic mass is 31.2. The van der Waals surface area contributed by atoms with E-state index in [1.165, 1.54) is 83.5 Å². The molecule has 10 heteroatoms. The van der Waals surface area contributed by atoms with Crippen LogP contribution in [0.5, 0.6) is 0 Å². The van der Waals surface area contributed by atoms with Crippen LogP contribution in [0.1, 0.15) is 201 Å². The fourth-order valence-corrected chi connectivity index (χ4v) is 8.05. The molecule has 0 heterocycles. The number of unbranched alkanes of at least 4 members (excludes halogenated alkanes) is 18. The van der Waals surface area contributed by atoms with Crippen molar-refractivity contribution in [2.45, 2.75) is 213 Å². The van der Waals surface area contributed by atoms with E-state index >= 15 is 0 Å². The largest absolute Gasteiger partial charge is 0.472 e. The van der Waals surface area contributed by atoms with Gasteiger partial charge in [-0.15, -0.1) is 0 Å². The molecular weight excluding hydrogens is 928 g/mol. The van der Waals surface area contributed by atoms with Gasteiger partial charge in [-0.25, -0.2) is 4.57 Å². The molecule has 3 atom stereocenters. The first-order valence-corrected chi connectivity index (χ1v) is 30.1. The first-order chi connectivity index (χ1) is 35.4. The normalized spacial score (nSPS) is 14.8. The number of hydrogen-bond acceptors (Lipinski definition) is 6. The third-order valence-corrected chi connectivity index (χ3v) is 12.7. The Kier molecular flexibility index (Phi) is 48.9. The number of nitrogens with one attached hydrogen (secondary N) is 1. The molecule has 0 aliphatic heterocycles. The van der Waals surface area contributed by atoms with Gasteiger partial charge in [-0.3, -0.25) is 18.6 Å². The topological polar surface area (TPSA) is 111 Å². The van der Waals surface area contributed by atoms with Crippen LogP contribution in [0.4, 0.5) is 0 Å². The molecule has 0 aromatic heterocycles. The SMILES string of the molecule is CC\C=C/C=C/C=C/C=C\C=C\C=C\CCCCCC(=O)OC(/C=C/CCCCCCCCCCCCC)C(COP(=O)(O)OCC[N+](C)(C)C)NC(=O)CCC/C=C\C/C=C\C/C=C\C/C=C\CCCCC. The summed E-state index contributed by atoms with van der Waals surface area (Å²) in [6, 6.07) is -0.905. The van der Waals surface area contributed by atoms with E-state index in [-0.39, 0.29) is 37.9 Å². The lowest BCUT2D eigenvalue weighted by atomic mass is 10.0. The van der Waals surface area contributed by atoms with Gasteiger partial charge in [0.15, 0.2) is 0 Å². The molecule has 0 spiro atoms. The molecule has 0 aliphatic rings. The number of quaternary nitrogens is 1. The van der Waals surface area contributed by atoms with Gasteiger partial charge in [-0.2, -0.15) is 0 Å². The van der Waals surface area contributed by atoms with Crippen LogP contribution in [0, 0.1) is 0 Å². The van der Waals surface area contributed by atoms with Gasteiger partial charge in [0.1, 0.15) is 19.3 Å². The number of phosphoric acid groups is 1. The highest BCUT2D eigenvalue weighted by molar-refractivity contribution is 7.47. The highest BCUT2D eigenvalue weighted by Crippen LogP contribution is 2.43. The maximum Gasteiger partial charge on any atom is 0.472 e. The number of rotatable bonds is 49. The van der Waals surface area contributed by atoms with Gasteiger partial charge in [0.05, 0.1) is 33.8 Å². The average Bonchev–Trinajstić information content (AvgIpc) is 3.35. The number of carbonyl (C=O) groups is 2. The van der Waals surface area contributed by atoms with Gasteiger partial charge < -0.3 is 19.4 Å². The molecule has 9 nitrogen and oxygen atoms in total. The Bertz CT molecular complexity index is 1710. The number of allylic oxidation sites excluding steroid dienone is 21. The molecule has 0 aromatic carbocycles. The predicted octanol–water partition coefficient (Wildman–Crippen LogP) is 17.3. The molecule has 0 aromatic rings. The van der Waals surface area contributed by atoms with Crippen molar-refractivity contribution < 1.29 is 37.3 Å². The Balaban J connectivity index is 5.58. The minimum Gasteiger partial charge on any atom is -0.456 e. The van der Waals surface area contributed by atoms with Crippen LogP contribution in [0.2, 0.25) is 0 Å². The van der Waals surface area contributed by atoms with Crippen molar-refractivity contribution in [2.24, 2.45) is 0 Å². The lowest BCUT2D eigenvalue weighted by Gasteiger charge is -2.27. The van der Waals surface area contributed by atoms with Crippen molar-refractivity contribution in [3.8, 4) is 0 Å². The van der Waals surface area contributed by atoms with Gasteiger partial charge in [0.2, 0.25) is 5.91 Å². The lowest BCUT2D eigenvalue weighted by Crippen LogP contribution is -2.47. The minimum absolute atomic E-state index is 0.0146. The van der Waals surface area contributed by atoms with Crippen LogP contribution in [-0.4, -0.2) is 74.3 Å². The zero-order valence-electron chi connectivity index (χ0n) is 47.1. The molecule has 0 bridgehead atoms. The summed E-state index contributed by atoms with van der Waals surface area (Å²) in [6.45, 7) is 6.73. The highest BCUT2D eigenvalue weighted by Gasteiger charge is 2.30. The van der Waals surface area contributed by atoms with Crippen LogP contribution in [-0.2, 0) is 27.9 Å². The van der Waals surface area contributed by atoms with Crippen LogP contribution >= 0.6 is 7.82 Å². The van der Waals surface area contributed by atoms with E-state index in [1.54, 1.807) is 0 Å². The van der Waals surface area contributed by atoms with E-state index in [4.69, 9.17) is 13.8 Å². The van der Waals surface area contributed by atoms with Gasteiger partial charge in [0.25, 0.3) is 0 Å². The van der Waals surface area contributed by atoms with Gasteiger partial charge in [-0.1, -0.05) is 232 Å². The number of phosphoric ester groups is 1. The molecule has 0 fully saturated rings. The number of nitrogens with zero attached hydrogens (tertiary/aromatic N) is 1. The summed E-state index contributed by atoms with van der Waals surface area (Å²) < 4.78 is 30.5. The van der Waals surface area contributed by atoms with Crippen LogP contribution in [0.25, 0.3) is 0 Å². The molecule has 0 saturated carbocycles. The molecule has 1 amide bonds. The van der Waals surface area contributed by atoms with Gasteiger partial charge >= 0.3 is 13.8 Å². The van der Waals surface area contributed by atoms with Crippen molar-refractivity contribution in [1.82, 2.24) is 5.32 Å². The molecular formula is C63H106N2O7P+. The maximum atomic E-state index is 13.5. The van der Waals surface area contributed by atoms with E-state index in [0.29, 0.717) is 23.9 Å². The second-order valence-electron chi connectivity index (χ2n) is 19.9. The summed E-state index contributed by atoms with van der Waals surface area (Å²) in [5.41, 5.74) is 0. The molecule has 73 heavy (non-hydrogen) atoms. The molecule has 0 aliphatic carbocycles. The molecule has 0 rings (SSSR count). The second-order valence-corrected chi connectivity index (χ2v) is 21.3. The first-order valence-electron chi connectivity index (χ1n) is 28.6. The predicted molar refractivity (Wildman–Crippen MR) is 313 cm³/mol. The van der Waals surface area contributed by atoms with Crippen molar-refractivity contribution in [3.63, 3.8) is 0 Å². The Labute approximate surface area is 447 Å². The standard InChI is InChI=1S/C63H105N2O7P/c1-7-10-13-16-19-22-25-28-30-32-34-37-40-43-46-49-52-55-62(66)64-60(59-71-73(68,69)70-58-57-65(4,5)6)61(54-51-48-45-42-39-36-27-24-21-18-15-12-9-3)72-63(67)56-53-50-47-44-41-38-35-33-31-29-26-23-20-17-14-11-8-2/h11,14,17,19-20,22-23,26,28-31,33-35,37-38,41,43,46,51,54,60-61H,7-10,12-13,15-16,18,21,24-25,27,32,36,39-40,42,44-45,47-50,52-53,55-59H2,1-6H3,(H-,64,66,68,69)/p+1/b14-11-,20-17+,22-19-,26-23+,30-28-,31-29-,35-33+,37-34-,41-38+,46-43-,54-51+. The quantitative estimate of drug-likeness (QED) is 0.0156. The van der Waals surface area contributed by atoms with Crippen molar-refractivity contribution in [1.29, 1.82) is 0 Å². The summed E-state index contributed by atoms with van der Waals surface area (Å²) in [5, 5.41) is 3.00. The summed E-state index contributed by atoms with van der Waals surface area (Å²) >= 11 is 0. The number of esters is 1. The third-order valence-electron chi connectivity index (χ3n) is 11.7. The number of hydrogen-bond donors (Lipinski definition) is 2. The van der Waals surface area contributed by atoms with Crippen molar-refractivity contribution >= 4 is 19.7 Å². The number of ether oxygens (including phenoxy) is 1. The van der Waals surface area contributed by atoms with Crippen LogP contribution < -0.4 is 5.32 Å². The number of likely N-dealkylation sites (N-methyl/N-ethyl adjacent to an activating group) is 1. The molecule has 3 unspecified atom stereocenters. The zero-order valence-corrected chi connectivity index (χ0v) is 48.0. The first kappa shape index (κ1) is 69.2. The average molecular weight is 1030 g/mol. The maximum absolute atomic E-state index is 13.5. The number of carbonyl (C=O) groups excluding carboxylic acids is 2. The summed E-state index contributed by atoms with van der Waals surface area (Å²) in [5.74, 6) is -0.634. The minimum atomic E-state index is -4.48. The fourth-order valence-electron chi connectivity index (χ4n) is 7.31. The van der Waals surface area contributed by atoms with Crippen LogP contribution in [0.3, 0.4) is 0 Å². The monoisotopic (exact) mass is 1030 g/mol. The Hall–Kier alpha value is -3.85. The Morgan fingerprint density at radius 3 is 1.49 bits per heavy atom. The van der Waals surface area contributed by atoms with E-state index in [2.05, 4.69) is 86.8 Å². The lowest BCUT2D eigenvalue weighted by molar-refractivity contribution is -0.870. The van der Waals surface area contributed by atoms with Crippen molar-refractivity contribution in [3.05, 3.63) is 134 Å². The van der Waals surface area contributed by atoms with Gasteiger partial charge in [-0.05, 0) is 89.5 Å². The summed E-state index contributed by atoms with van der Waals surface area (Å²) in [4.78, 5) is 37.6. The second kappa shape index (κ2) is 51.6. The summed E-state index contributed by atoms with van der Waals surface area (Å²) in [7, 11) is 1.41. The molecule has 0 radical (unpaired) electrons. The van der Waals surface area contributed by atoms with Crippen LogP contribution in [0.15, 0.2) is 134 Å². The summed E-state index contributed by atoms with van der Waals surface area (Å²) in [6.07, 6.45) is 73.1.